The fourth-order valence-corrected chi connectivity index (χ4v) is 6.12. The lowest BCUT2D eigenvalue weighted by Gasteiger charge is -2.41. The highest BCUT2D eigenvalue weighted by Gasteiger charge is 2.46. The van der Waals surface area contributed by atoms with Crippen molar-refractivity contribution in [3.8, 4) is 0 Å². The number of ether oxygens (including phenoxy) is 1. The van der Waals surface area contributed by atoms with E-state index in [-0.39, 0.29) is 42.7 Å². The summed E-state index contributed by atoms with van der Waals surface area (Å²) in [4.78, 5) is 14.8. The van der Waals surface area contributed by atoms with Gasteiger partial charge < -0.3 is 9.64 Å². The number of carbonyl (C=O) groups excluding carboxylic acids is 1. The largest absolute Gasteiger partial charge is 0.445 e. The van der Waals surface area contributed by atoms with Crippen LogP contribution in [-0.4, -0.2) is 38.1 Å². The minimum absolute atomic E-state index is 0.0283. The number of nitrogens with zero attached hydrogens (tertiary/aromatic N) is 1. The number of hydrogen-bond donors (Lipinski definition) is 1. The van der Waals surface area contributed by atoms with Gasteiger partial charge in [0.15, 0.2) is 11.6 Å². The molecule has 0 saturated carbocycles. The molecule has 2 saturated heterocycles. The van der Waals surface area contributed by atoms with E-state index in [1.807, 2.05) is 56.0 Å². The molecule has 5 atom stereocenters. The van der Waals surface area contributed by atoms with Gasteiger partial charge in [0.05, 0.1) is 15.7 Å². The van der Waals surface area contributed by atoms with Gasteiger partial charge >= 0.3 is 6.09 Å². The second-order valence-electron chi connectivity index (χ2n) is 10.7. The Bertz CT molecular complexity index is 1100. The molecule has 2 aromatic rings. The first-order chi connectivity index (χ1) is 17.0. The van der Waals surface area contributed by atoms with Gasteiger partial charge in [-0.15, -0.1) is 0 Å². The maximum Gasteiger partial charge on any atom is 0.410 e. The molecule has 2 aliphatic heterocycles. The Morgan fingerprint density at radius 3 is 2.28 bits per heavy atom. The van der Waals surface area contributed by atoms with Gasteiger partial charge in [-0.2, -0.15) is 0 Å². The lowest BCUT2D eigenvalue weighted by Crippen LogP contribution is -2.52. The number of halogens is 3. The molecule has 2 bridgehead atoms. The fraction of sp³-hybridized carbons (Fsp3) is 0.519. The molecule has 0 aliphatic carbocycles. The van der Waals surface area contributed by atoms with E-state index in [9.17, 15) is 22.2 Å². The van der Waals surface area contributed by atoms with Crippen LogP contribution in [0.5, 0.6) is 0 Å². The van der Waals surface area contributed by atoms with Gasteiger partial charge in [-0.3, -0.25) is 0 Å². The number of carbonyl (C=O) groups is 1. The summed E-state index contributed by atoms with van der Waals surface area (Å²) < 4.78 is 63.0. The normalized spacial score (nSPS) is 23.4. The first-order valence-corrected chi connectivity index (χ1v) is 13.5. The quantitative estimate of drug-likeness (QED) is 0.479. The van der Waals surface area contributed by atoms with Crippen LogP contribution in [0, 0.1) is 23.4 Å². The average molecular weight is 523 g/mol. The molecule has 196 valence electrons. The molecule has 2 fully saturated rings. The summed E-state index contributed by atoms with van der Waals surface area (Å²) in [5.41, 5.74) is 0.949. The molecular weight excluding hydrogens is 489 g/mol. The molecule has 0 aromatic heterocycles. The summed E-state index contributed by atoms with van der Waals surface area (Å²) in [7, 11) is -1.45. The molecule has 1 amide bonds. The monoisotopic (exact) mass is 522 g/mol. The van der Waals surface area contributed by atoms with Crippen molar-refractivity contribution in [3.63, 3.8) is 0 Å². The van der Waals surface area contributed by atoms with Gasteiger partial charge in [-0.1, -0.05) is 30.3 Å². The minimum atomic E-state index is -1.45. The van der Waals surface area contributed by atoms with Crippen LogP contribution in [0.4, 0.5) is 18.0 Å². The van der Waals surface area contributed by atoms with Crippen molar-refractivity contribution in [2.75, 3.05) is 0 Å². The van der Waals surface area contributed by atoms with Crippen molar-refractivity contribution < 1.29 is 26.9 Å². The lowest BCUT2D eigenvalue weighted by molar-refractivity contribution is 0.0484. The number of hydrogen-bond acceptors (Lipinski definition) is 3. The van der Waals surface area contributed by atoms with Crippen LogP contribution in [0.25, 0.3) is 0 Å². The third-order valence-corrected chi connectivity index (χ3v) is 8.73. The van der Waals surface area contributed by atoms with E-state index >= 15 is 0 Å². The van der Waals surface area contributed by atoms with Gasteiger partial charge in [0.1, 0.15) is 12.4 Å². The maximum absolute atomic E-state index is 14.5. The first kappa shape index (κ1) is 26.7. The van der Waals surface area contributed by atoms with Crippen LogP contribution in [0.1, 0.15) is 57.6 Å². The first-order valence-electron chi connectivity index (χ1n) is 12.3. The number of nitrogens with one attached hydrogen (secondary N) is 1. The zero-order valence-electron chi connectivity index (χ0n) is 20.8. The number of benzene rings is 2. The second kappa shape index (κ2) is 10.9. The topological polar surface area (TPSA) is 58.6 Å². The summed E-state index contributed by atoms with van der Waals surface area (Å²) >= 11 is 0. The number of amides is 1. The average Bonchev–Trinajstić information content (AvgIpc) is 3.09. The summed E-state index contributed by atoms with van der Waals surface area (Å²) in [6.45, 7) is 5.70. The lowest BCUT2D eigenvalue weighted by atomic mass is 9.83. The summed E-state index contributed by atoms with van der Waals surface area (Å²) in [5.74, 6) is -3.20. The predicted molar refractivity (Wildman–Crippen MR) is 133 cm³/mol. The van der Waals surface area contributed by atoms with Crippen LogP contribution in [0.2, 0.25) is 0 Å². The van der Waals surface area contributed by atoms with Crippen molar-refractivity contribution >= 4 is 17.1 Å². The van der Waals surface area contributed by atoms with Gasteiger partial charge in [0.2, 0.25) is 0 Å². The van der Waals surface area contributed by atoms with Crippen molar-refractivity contribution in [3.05, 3.63) is 71.0 Å². The molecule has 2 unspecified atom stereocenters. The van der Waals surface area contributed by atoms with Crippen LogP contribution in [0.3, 0.4) is 0 Å². The highest BCUT2D eigenvalue weighted by atomic mass is 32.2. The predicted octanol–water partition coefficient (Wildman–Crippen LogP) is 5.65. The third-order valence-electron chi connectivity index (χ3n) is 7.10. The van der Waals surface area contributed by atoms with E-state index in [0.717, 1.165) is 24.5 Å². The zero-order chi connectivity index (χ0) is 26.0. The van der Waals surface area contributed by atoms with E-state index in [4.69, 9.17) is 4.74 Å². The van der Waals surface area contributed by atoms with Crippen LogP contribution in [-0.2, 0) is 28.8 Å². The Balaban J connectivity index is 1.49. The number of fused-ring (bicyclic) bond motifs is 2. The van der Waals surface area contributed by atoms with Crippen molar-refractivity contribution in [2.45, 2.75) is 82.4 Å². The molecule has 9 heteroatoms. The molecule has 5 nitrogen and oxygen atoms in total. The number of rotatable bonds is 7. The van der Waals surface area contributed by atoms with Crippen LogP contribution < -0.4 is 4.72 Å². The third kappa shape index (κ3) is 6.11. The molecule has 0 radical (unpaired) electrons. The highest BCUT2D eigenvalue weighted by molar-refractivity contribution is 7.84. The summed E-state index contributed by atoms with van der Waals surface area (Å²) in [6.07, 6.45) is 2.63. The van der Waals surface area contributed by atoms with E-state index in [1.54, 1.807) is 0 Å². The molecule has 36 heavy (non-hydrogen) atoms. The Kier molecular flexibility index (Phi) is 8.09. The fourth-order valence-electron chi connectivity index (χ4n) is 5.22. The zero-order valence-corrected chi connectivity index (χ0v) is 21.6. The van der Waals surface area contributed by atoms with Gasteiger partial charge in [0, 0.05) is 24.2 Å². The molecule has 2 heterocycles. The smallest absolute Gasteiger partial charge is 0.410 e. The summed E-state index contributed by atoms with van der Waals surface area (Å²) in [6, 6.07) is 10.4. The molecule has 2 aliphatic rings. The minimum Gasteiger partial charge on any atom is -0.445 e. The molecule has 0 spiro atoms. The Labute approximate surface area is 213 Å². The molecule has 4 rings (SSSR count). The van der Waals surface area contributed by atoms with E-state index in [0.29, 0.717) is 18.9 Å². The standard InChI is InChI=1S/C27H33F3N2O3S/c1-27(2,3)36(34)31-25(14-18-13-23(29)24(30)15-22(18)28)19-11-20-9-10-21(12-19)32(20)26(33)35-16-17-7-5-4-6-8-17/h4-8,13,15,19-21,25,31H,9-12,14,16H2,1-3H3/t19?,20-,21+,25-,36?/m1/s1. The Morgan fingerprint density at radius 2 is 1.67 bits per heavy atom. The van der Waals surface area contributed by atoms with Crippen molar-refractivity contribution in [1.29, 1.82) is 0 Å². The van der Waals surface area contributed by atoms with Gasteiger partial charge in [-0.05, 0) is 76.0 Å². The maximum atomic E-state index is 14.5. The van der Waals surface area contributed by atoms with E-state index < -0.39 is 39.2 Å². The molecule has 2 aromatic carbocycles. The van der Waals surface area contributed by atoms with Crippen LogP contribution >= 0.6 is 0 Å². The SMILES string of the molecule is CC(C)(C)S(=O)N[C@H](Cc1cc(F)c(F)cc1F)C1C[C@H]2CC[C@@H](C1)N2C(=O)OCc1ccccc1. The highest BCUT2D eigenvalue weighted by Crippen LogP contribution is 2.41. The van der Waals surface area contributed by atoms with E-state index in [1.165, 1.54) is 0 Å². The molecule has 1 N–H and O–H groups in total. The second-order valence-corrected chi connectivity index (χ2v) is 12.7. The van der Waals surface area contributed by atoms with Crippen molar-refractivity contribution in [1.82, 2.24) is 9.62 Å². The Hall–Kier alpha value is -2.39. The van der Waals surface area contributed by atoms with Gasteiger partial charge in [-0.25, -0.2) is 26.9 Å². The van der Waals surface area contributed by atoms with Gasteiger partial charge in [0.25, 0.3) is 0 Å². The van der Waals surface area contributed by atoms with E-state index in [2.05, 4.69) is 4.72 Å². The Morgan fingerprint density at radius 1 is 1.06 bits per heavy atom. The van der Waals surface area contributed by atoms with Crippen LogP contribution in [0.15, 0.2) is 42.5 Å². The molecular formula is C27H33F3N2O3S. The summed E-state index contributed by atoms with van der Waals surface area (Å²) in [5, 5.41) is 0. The number of piperidine rings is 1. The van der Waals surface area contributed by atoms with Crippen molar-refractivity contribution in [2.24, 2.45) is 5.92 Å².